The second kappa shape index (κ2) is 17.4. The molecule has 6 rings (SSSR count). The van der Waals surface area contributed by atoms with E-state index in [4.69, 9.17) is 14.6 Å². The van der Waals surface area contributed by atoms with Gasteiger partial charge in [0.15, 0.2) is 6.29 Å². The first-order valence-corrected chi connectivity index (χ1v) is 18.1. The molecule has 3 aromatic carbocycles. The van der Waals surface area contributed by atoms with E-state index in [1.165, 1.54) is 38.8 Å². The summed E-state index contributed by atoms with van der Waals surface area (Å²) in [7, 11) is 0. The number of likely N-dealkylation sites (tertiary alicyclic amines) is 2. The highest BCUT2D eigenvalue weighted by atomic mass is 16.7. The highest BCUT2D eigenvalue weighted by Gasteiger charge is 2.36. The Balaban J connectivity index is 1.14. The number of amides is 1. The Hall–Kier alpha value is -3.60. The number of nitrogens with one attached hydrogen (secondary N) is 1. The molecule has 0 bridgehead atoms. The van der Waals surface area contributed by atoms with Gasteiger partial charge in [-0.25, -0.2) is 0 Å². The fourth-order valence-corrected chi connectivity index (χ4v) is 7.48. The van der Waals surface area contributed by atoms with Gasteiger partial charge >= 0.3 is 5.97 Å². The Morgan fingerprint density at radius 1 is 0.796 bits per heavy atom. The zero-order chi connectivity index (χ0) is 34.0. The van der Waals surface area contributed by atoms with Crippen molar-refractivity contribution in [2.75, 3.05) is 32.7 Å². The number of carbonyl (C=O) groups excluding carboxylic acids is 1. The molecular formula is C40H51N3O6. The molecule has 3 heterocycles. The largest absolute Gasteiger partial charge is 0.481 e. The number of hydrogen-bond donors (Lipinski definition) is 3. The number of rotatable bonds is 15. The molecule has 0 spiro atoms. The number of nitrogens with zero attached hydrogens (tertiary/aromatic N) is 2. The average molecular weight is 670 g/mol. The molecular weight excluding hydrogens is 618 g/mol. The van der Waals surface area contributed by atoms with Crippen molar-refractivity contribution in [3.05, 3.63) is 95.1 Å². The molecule has 9 nitrogen and oxygen atoms in total. The van der Waals surface area contributed by atoms with Crippen molar-refractivity contribution in [2.45, 2.75) is 95.5 Å². The molecule has 0 radical (unpaired) electrons. The topological polar surface area (TPSA) is 112 Å². The third-order valence-corrected chi connectivity index (χ3v) is 10.2. The van der Waals surface area contributed by atoms with Crippen LogP contribution in [0.25, 0.3) is 11.1 Å². The van der Waals surface area contributed by atoms with E-state index in [-0.39, 0.29) is 31.1 Å². The van der Waals surface area contributed by atoms with Crippen molar-refractivity contribution >= 4 is 11.9 Å². The number of unbranched alkanes of at least 4 members (excludes halogenated alkanes) is 1. The third-order valence-electron chi connectivity index (χ3n) is 10.2. The van der Waals surface area contributed by atoms with Gasteiger partial charge in [-0.05, 0) is 98.1 Å². The number of benzene rings is 3. The summed E-state index contributed by atoms with van der Waals surface area (Å²) in [5, 5.41) is 21.4. The molecule has 3 aromatic rings. The zero-order valence-corrected chi connectivity index (χ0v) is 28.5. The Bertz CT molecular complexity index is 1520. The SMILES string of the molecule is O=C(O)CCCCC(=O)NCc1cccc(-c2cccc(C3OC(CN4CCCC4CN4CCCC4)CC(c4ccc(CO)cc4)O3)c2)c1. The van der Waals surface area contributed by atoms with Crippen LogP contribution in [0.5, 0.6) is 0 Å². The van der Waals surface area contributed by atoms with Gasteiger partial charge in [-0.1, -0.05) is 60.7 Å². The van der Waals surface area contributed by atoms with Crippen LogP contribution in [-0.4, -0.2) is 76.8 Å². The number of aliphatic hydroxyl groups excluding tert-OH is 1. The van der Waals surface area contributed by atoms with Crippen LogP contribution in [0.15, 0.2) is 72.8 Å². The summed E-state index contributed by atoms with van der Waals surface area (Å²) in [5.74, 6) is -0.907. The van der Waals surface area contributed by atoms with Gasteiger partial charge in [-0.15, -0.1) is 0 Å². The molecule has 49 heavy (non-hydrogen) atoms. The van der Waals surface area contributed by atoms with Gasteiger partial charge in [-0.2, -0.15) is 0 Å². The number of hydrogen-bond acceptors (Lipinski definition) is 7. The zero-order valence-electron chi connectivity index (χ0n) is 28.5. The lowest BCUT2D eigenvalue weighted by molar-refractivity contribution is -0.253. The molecule has 3 aliphatic heterocycles. The second-order valence-electron chi connectivity index (χ2n) is 13.9. The number of carboxylic acids is 1. The molecule has 0 aliphatic carbocycles. The van der Waals surface area contributed by atoms with Crippen LogP contribution < -0.4 is 5.32 Å². The molecule has 1 amide bonds. The van der Waals surface area contributed by atoms with Crippen molar-refractivity contribution in [1.29, 1.82) is 0 Å². The Morgan fingerprint density at radius 2 is 1.55 bits per heavy atom. The van der Waals surface area contributed by atoms with Crippen LogP contribution in [0, 0.1) is 0 Å². The van der Waals surface area contributed by atoms with Gasteiger partial charge < -0.3 is 29.9 Å². The van der Waals surface area contributed by atoms with Gasteiger partial charge in [0, 0.05) is 50.5 Å². The van der Waals surface area contributed by atoms with Gasteiger partial charge in [0.1, 0.15) is 0 Å². The van der Waals surface area contributed by atoms with E-state index >= 15 is 0 Å². The van der Waals surface area contributed by atoms with Crippen LogP contribution in [-0.2, 0) is 32.2 Å². The van der Waals surface area contributed by atoms with Crippen LogP contribution in [0.2, 0.25) is 0 Å². The first-order chi connectivity index (χ1) is 23.9. The van der Waals surface area contributed by atoms with Gasteiger partial charge in [0.05, 0.1) is 18.8 Å². The lowest BCUT2D eigenvalue weighted by atomic mass is 9.98. The monoisotopic (exact) mass is 669 g/mol. The van der Waals surface area contributed by atoms with Crippen molar-refractivity contribution in [3.8, 4) is 11.1 Å². The number of ether oxygens (including phenoxy) is 2. The van der Waals surface area contributed by atoms with E-state index in [1.807, 2.05) is 30.3 Å². The van der Waals surface area contributed by atoms with E-state index in [9.17, 15) is 14.7 Å². The number of aliphatic hydroxyl groups is 1. The van der Waals surface area contributed by atoms with Crippen LogP contribution in [0.3, 0.4) is 0 Å². The van der Waals surface area contributed by atoms with Crippen LogP contribution in [0.1, 0.15) is 92.4 Å². The maximum Gasteiger partial charge on any atom is 0.303 e. The summed E-state index contributed by atoms with van der Waals surface area (Å²) in [6.45, 7) is 6.01. The van der Waals surface area contributed by atoms with Crippen molar-refractivity contribution < 1.29 is 29.3 Å². The Morgan fingerprint density at radius 3 is 2.33 bits per heavy atom. The molecule has 3 aliphatic rings. The Kier molecular flexibility index (Phi) is 12.5. The molecule has 9 heteroatoms. The van der Waals surface area contributed by atoms with E-state index in [0.717, 1.165) is 59.4 Å². The summed E-state index contributed by atoms with van der Waals surface area (Å²) in [6.07, 6.45) is 6.69. The summed E-state index contributed by atoms with van der Waals surface area (Å²) < 4.78 is 13.5. The molecule has 0 aromatic heterocycles. The molecule has 3 saturated heterocycles. The predicted molar refractivity (Wildman–Crippen MR) is 189 cm³/mol. The molecule has 4 unspecified atom stereocenters. The van der Waals surface area contributed by atoms with E-state index in [2.05, 4.69) is 57.6 Å². The lowest BCUT2D eigenvalue weighted by Crippen LogP contribution is -2.45. The molecule has 3 N–H and O–H groups in total. The fourth-order valence-electron chi connectivity index (χ4n) is 7.48. The highest BCUT2D eigenvalue weighted by molar-refractivity contribution is 5.76. The fraction of sp³-hybridized carbons (Fsp3) is 0.500. The molecule has 4 atom stereocenters. The van der Waals surface area contributed by atoms with Gasteiger partial charge in [-0.3, -0.25) is 14.5 Å². The summed E-state index contributed by atoms with van der Waals surface area (Å²) >= 11 is 0. The van der Waals surface area contributed by atoms with Gasteiger partial charge in [0.25, 0.3) is 0 Å². The summed E-state index contributed by atoms with van der Waals surface area (Å²) in [6, 6.07) is 25.2. The minimum absolute atomic E-state index is 0.0140. The maximum atomic E-state index is 12.3. The van der Waals surface area contributed by atoms with Gasteiger partial charge in [0.2, 0.25) is 5.91 Å². The quantitative estimate of drug-likeness (QED) is 0.164. The lowest BCUT2D eigenvalue weighted by Gasteiger charge is -2.39. The van der Waals surface area contributed by atoms with Crippen molar-refractivity contribution in [2.24, 2.45) is 0 Å². The van der Waals surface area contributed by atoms with Crippen molar-refractivity contribution in [3.63, 3.8) is 0 Å². The number of carboxylic acid groups (broad SMARTS) is 1. The Labute approximate surface area is 290 Å². The number of carbonyl (C=O) groups is 2. The average Bonchev–Trinajstić information content (AvgIpc) is 3.81. The minimum Gasteiger partial charge on any atom is -0.481 e. The van der Waals surface area contributed by atoms with E-state index < -0.39 is 12.3 Å². The minimum atomic E-state index is -0.834. The van der Waals surface area contributed by atoms with E-state index in [0.29, 0.717) is 31.8 Å². The molecule has 0 saturated carbocycles. The molecule has 262 valence electrons. The van der Waals surface area contributed by atoms with E-state index in [1.54, 1.807) is 0 Å². The first kappa shape index (κ1) is 35.2. The smallest absolute Gasteiger partial charge is 0.303 e. The maximum absolute atomic E-state index is 12.3. The predicted octanol–water partition coefficient (Wildman–Crippen LogP) is 6.21. The van der Waals surface area contributed by atoms with Crippen LogP contribution >= 0.6 is 0 Å². The summed E-state index contributed by atoms with van der Waals surface area (Å²) in [4.78, 5) is 28.3. The summed E-state index contributed by atoms with van der Waals surface area (Å²) in [5.41, 5.74) is 6.03. The number of aliphatic carboxylic acids is 1. The molecule has 3 fully saturated rings. The highest BCUT2D eigenvalue weighted by Crippen LogP contribution is 2.39. The normalized spacial score (nSPS) is 23.1. The van der Waals surface area contributed by atoms with Crippen molar-refractivity contribution in [1.82, 2.24) is 15.1 Å². The van der Waals surface area contributed by atoms with Crippen LogP contribution in [0.4, 0.5) is 0 Å². The third kappa shape index (κ3) is 9.99. The first-order valence-electron chi connectivity index (χ1n) is 18.1. The second-order valence-corrected chi connectivity index (χ2v) is 13.9. The standard InChI is InChI=1S/C40H51N3O6/c44-28-29-15-17-31(18-16-29)37-24-36(27-43-21-7-12-35(43)26-42-19-3-4-20-42)48-40(49-37)34-11-6-10-33(23-34)32-9-5-8-30(22-32)25-41-38(45)13-1-2-14-39(46)47/h5-6,8-11,15-18,22-23,35-37,40,44H,1-4,7,12-14,19-21,24-28H2,(H,41,45)(H,46,47).